The Labute approximate surface area is 113 Å². The number of nitrogens with zero attached hydrogens (tertiary/aromatic N) is 3. The van der Waals surface area contributed by atoms with Gasteiger partial charge in [0.2, 0.25) is 17.7 Å². The van der Waals surface area contributed by atoms with Crippen LogP contribution in [0, 0.1) is 5.92 Å². The number of methoxy groups -OCH3 is 2. The molecule has 1 fully saturated rings. The summed E-state index contributed by atoms with van der Waals surface area (Å²) in [5.74, 6) is 2.35. The van der Waals surface area contributed by atoms with Gasteiger partial charge < -0.3 is 20.1 Å². The zero-order chi connectivity index (χ0) is 13.8. The summed E-state index contributed by atoms with van der Waals surface area (Å²) in [5, 5.41) is 0. The molecule has 0 saturated carbocycles. The van der Waals surface area contributed by atoms with Gasteiger partial charge in [-0.15, -0.1) is 0 Å². The Morgan fingerprint density at radius 1 is 1.32 bits per heavy atom. The minimum absolute atomic E-state index is 0.278. The lowest BCUT2D eigenvalue weighted by Crippen LogP contribution is -2.47. The van der Waals surface area contributed by atoms with Crippen LogP contribution in [-0.2, 0) is 0 Å². The summed E-state index contributed by atoms with van der Waals surface area (Å²) in [6.45, 7) is 3.78. The first-order valence-corrected chi connectivity index (χ1v) is 6.61. The number of nitrogens with two attached hydrogens (primary N) is 1. The van der Waals surface area contributed by atoms with Crippen LogP contribution < -0.4 is 20.1 Å². The maximum Gasteiger partial charge on any atom is 0.232 e. The van der Waals surface area contributed by atoms with E-state index in [1.165, 1.54) is 0 Å². The summed E-state index contributed by atoms with van der Waals surface area (Å²) in [5.41, 5.74) is 5.87. The summed E-state index contributed by atoms with van der Waals surface area (Å²) in [4.78, 5) is 11.0. The fourth-order valence-corrected chi connectivity index (χ4v) is 2.47. The van der Waals surface area contributed by atoms with Crippen LogP contribution in [-0.4, -0.2) is 43.3 Å². The van der Waals surface area contributed by atoms with Gasteiger partial charge in [-0.2, -0.15) is 9.97 Å². The smallest absolute Gasteiger partial charge is 0.232 e. The molecule has 1 saturated heterocycles. The summed E-state index contributed by atoms with van der Waals surface area (Å²) >= 11 is 0. The largest absolute Gasteiger partial charge is 0.481 e. The molecule has 19 heavy (non-hydrogen) atoms. The van der Waals surface area contributed by atoms with Gasteiger partial charge >= 0.3 is 0 Å². The fraction of sp³-hybridized carbons (Fsp3) is 0.692. The number of rotatable bonds is 4. The molecule has 2 heterocycles. The molecule has 0 amide bonds. The Balaban J connectivity index is 2.28. The van der Waals surface area contributed by atoms with Crippen LogP contribution in [0.1, 0.15) is 19.8 Å². The molecule has 2 N–H and O–H groups in total. The van der Waals surface area contributed by atoms with Crippen molar-refractivity contribution in [2.24, 2.45) is 11.7 Å². The second kappa shape index (κ2) is 6.06. The molecule has 0 bridgehead atoms. The third-order valence-electron chi connectivity index (χ3n) is 3.59. The monoisotopic (exact) mass is 266 g/mol. The highest BCUT2D eigenvalue weighted by atomic mass is 16.5. The van der Waals surface area contributed by atoms with Crippen molar-refractivity contribution < 1.29 is 9.47 Å². The van der Waals surface area contributed by atoms with Gasteiger partial charge in [0.1, 0.15) is 0 Å². The summed E-state index contributed by atoms with van der Waals surface area (Å²) in [6, 6.07) is 1.95. The molecule has 0 aromatic carbocycles. The van der Waals surface area contributed by atoms with Crippen LogP contribution in [0.5, 0.6) is 11.8 Å². The first-order valence-electron chi connectivity index (χ1n) is 6.61. The fourth-order valence-electron chi connectivity index (χ4n) is 2.47. The normalized spacial score (nSPS) is 23.3. The molecule has 1 aromatic rings. The first kappa shape index (κ1) is 13.9. The SMILES string of the molecule is COc1cc(OC)nc(N2CCC(C)CC2CN)n1. The molecule has 2 rings (SSSR count). The van der Waals surface area contributed by atoms with Gasteiger partial charge in [-0.3, -0.25) is 0 Å². The van der Waals surface area contributed by atoms with Crippen LogP contribution in [0.4, 0.5) is 5.95 Å². The van der Waals surface area contributed by atoms with Gasteiger partial charge in [-0.05, 0) is 18.8 Å². The van der Waals surface area contributed by atoms with Crippen molar-refractivity contribution in [3.8, 4) is 11.8 Å². The molecule has 0 aliphatic carbocycles. The van der Waals surface area contributed by atoms with E-state index in [-0.39, 0.29) is 6.04 Å². The van der Waals surface area contributed by atoms with Gasteiger partial charge in [-0.1, -0.05) is 6.92 Å². The van der Waals surface area contributed by atoms with Crippen LogP contribution in [0.2, 0.25) is 0 Å². The van der Waals surface area contributed by atoms with E-state index in [0.717, 1.165) is 19.4 Å². The average Bonchev–Trinajstić information content (AvgIpc) is 2.46. The maximum atomic E-state index is 5.87. The molecule has 0 radical (unpaired) electrons. The van der Waals surface area contributed by atoms with Crippen molar-refractivity contribution in [2.45, 2.75) is 25.8 Å². The number of hydrogen-bond acceptors (Lipinski definition) is 6. The standard InChI is InChI=1S/C13H22N4O2/c1-9-4-5-17(10(6-9)8-14)13-15-11(18-2)7-12(16-13)19-3/h7,9-10H,4-6,8,14H2,1-3H3. The number of aromatic nitrogens is 2. The van der Waals surface area contributed by atoms with Gasteiger partial charge in [0, 0.05) is 19.1 Å². The third-order valence-corrected chi connectivity index (χ3v) is 3.59. The molecule has 1 aliphatic heterocycles. The lowest BCUT2D eigenvalue weighted by atomic mass is 9.93. The van der Waals surface area contributed by atoms with Crippen LogP contribution in [0.15, 0.2) is 6.07 Å². The highest BCUT2D eigenvalue weighted by molar-refractivity contribution is 5.38. The third kappa shape index (κ3) is 3.07. The quantitative estimate of drug-likeness (QED) is 0.878. The van der Waals surface area contributed by atoms with Crippen molar-refractivity contribution in [3.63, 3.8) is 0 Å². The van der Waals surface area contributed by atoms with E-state index in [1.54, 1.807) is 20.3 Å². The minimum Gasteiger partial charge on any atom is -0.481 e. The van der Waals surface area contributed by atoms with E-state index in [0.29, 0.717) is 30.2 Å². The Morgan fingerprint density at radius 3 is 2.47 bits per heavy atom. The van der Waals surface area contributed by atoms with E-state index in [9.17, 15) is 0 Å². The number of piperidine rings is 1. The van der Waals surface area contributed by atoms with E-state index in [1.807, 2.05) is 0 Å². The van der Waals surface area contributed by atoms with E-state index < -0.39 is 0 Å². The van der Waals surface area contributed by atoms with Crippen molar-refractivity contribution in [1.82, 2.24) is 9.97 Å². The molecule has 6 heteroatoms. The summed E-state index contributed by atoms with van der Waals surface area (Å²) < 4.78 is 10.4. The second-order valence-electron chi connectivity index (χ2n) is 4.97. The Hall–Kier alpha value is -1.56. The molecule has 1 aromatic heterocycles. The second-order valence-corrected chi connectivity index (χ2v) is 4.97. The van der Waals surface area contributed by atoms with Crippen molar-refractivity contribution >= 4 is 5.95 Å². The summed E-state index contributed by atoms with van der Waals surface area (Å²) in [7, 11) is 3.18. The topological polar surface area (TPSA) is 73.5 Å². The Kier molecular flexibility index (Phi) is 4.42. The molecule has 6 nitrogen and oxygen atoms in total. The number of anilines is 1. The number of ether oxygens (including phenoxy) is 2. The van der Waals surface area contributed by atoms with Crippen LogP contribution in [0.25, 0.3) is 0 Å². The zero-order valence-corrected chi connectivity index (χ0v) is 11.8. The lowest BCUT2D eigenvalue weighted by Gasteiger charge is -2.38. The van der Waals surface area contributed by atoms with Crippen LogP contribution >= 0.6 is 0 Å². The molecule has 0 spiro atoms. The summed E-state index contributed by atoms with van der Waals surface area (Å²) in [6.07, 6.45) is 2.19. The van der Waals surface area contributed by atoms with Crippen molar-refractivity contribution in [3.05, 3.63) is 6.07 Å². The molecular formula is C13H22N4O2. The predicted octanol–water partition coefficient (Wildman–Crippen LogP) is 1.06. The molecule has 2 unspecified atom stereocenters. The zero-order valence-electron chi connectivity index (χ0n) is 11.8. The van der Waals surface area contributed by atoms with Gasteiger partial charge in [0.25, 0.3) is 0 Å². The highest BCUT2D eigenvalue weighted by Crippen LogP contribution is 2.28. The maximum absolute atomic E-state index is 5.87. The average molecular weight is 266 g/mol. The Bertz CT molecular complexity index is 405. The molecule has 2 atom stereocenters. The van der Waals surface area contributed by atoms with Gasteiger partial charge in [0.15, 0.2) is 0 Å². The van der Waals surface area contributed by atoms with E-state index in [2.05, 4.69) is 21.8 Å². The van der Waals surface area contributed by atoms with Crippen molar-refractivity contribution in [2.75, 3.05) is 32.2 Å². The molecule has 1 aliphatic rings. The number of hydrogen-bond donors (Lipinski definition) is 1. The highest BCUT2D eigenvalue weighted by Gasteiger charge is 2.27. The Morgan fingerprint density at radius 2 is 1.95 bits per heavy atom. The minimum atomic E-state index is 0.278. The van der Waals surface area contributed by atoms with E-state index in [4.69, 9.17) is 15.2 Å². The van der Waals surface area contributed by atoms with Gasteiger partial charge in [-0.25, -0.2) is 0 Å². The van der Waals surface area contributed by atoms with E-state index >= 15 is 0 Å². The molecule has 106 valence electrons. The van der Waals surface area contributed by atoms with Gasteiger partial charge in [0.05, 0.1) is 20.3 Å². The van der Waals surface area contributed by atoms with Crippen molar-refractivity contribution in [1.29, 1.82) is 0 Å². The molecular weight excluding hydrogens is 244 g/mol. The first-order chi connectivity index (χ1) is 9.17. The van der Waals surface area contributed by atoms with Crippen LogP contribution in [0.3, 0.4) is 0 Å². The predicted molar refractivity (Wildman–Crippen MR) is 73.7 cm³/mol. The lowest BCUT2D eigenvalue weighted by molar-refractivity contribution is 0.349.